The first-order valence-electron chi connectivity index (χ1n) is 5.70. The van der Waals surface area contributed by atoms with Gasteiger partial charge in [-0.15, -0.1) is 0 Å². The van der Waals surface area contributed by atoms with Crippen LogP contribution < -0.4 is 0 Å². The fourth-order valence-electron chi connectivity index (χ4n) is 1.51. The Morgan fingerprint density at radius 3 is 1.33 bits per heavy atom. The lowest BCUT2D eigenvalue weighted by Gasteiger charge is -2.35. The Kier molecular flexibility index (Phi) is 11.0. The highest BCUT2D eigenvalue weighted by Crippen LogP contribution is 2.37. The Labute approximate surface area is 79.8 Å². The third-order valence-corrected chi connectivity index (χ3v) is 2.35. The lowest BCUT2D eigenvalue weighted by Crippen LogP contribution is -2.25. The molecule has 0 spiro atoms. The second kappa shape index (κ2) is 9.09. The van der Waals surface area contributed by atoms with Crippen LogP contribution in [0.1, 0.15) is 61.3 Å². The highest BCUT2D eigenvalue weighted by molar-refractivity contribution is 4.77. The molecule has 0 heteroatoms. The molecule has 0 aromatic rings. The maximum atomic E-state index is 2.35. The molecule has 1 rings (SSSR count). The van der Waals surface area contributed by atoms with E-state index in [9.17, 15) is 0 Å². The third kappa shape index (κ3) is 5.62. The molecule has 0 nitrogen and oxygen atoms in total. The fraction of sp³-hybridized carbons (Fsp3) is 1.00. The molecule has 1 saturated carbocycles. The van der Waals surface area contributed by atoms with Crippen LogP contribution in [0.2, 0.25) is 0 Å². The highest BCUT2D eigenvalue weighted by atomic mass is 14.3. The lowest BCUT2D eigenvalue weighted by molar-refractivity contribution is 0.156. The summed E-state index contributed by atoms with van der Waals surface area (Å²) < 4.78 is 0. The molecule has 0 heterocycles. The van der Waals surface area contributed by atoms with Crippen LogP contribution in [0.15, 0.2) is 0 Å². The van der Waals surface area contributed by atoms with Gasteiger partial charge in [0.15, 0.2) is 0 Å². The van der Waals surface area contributed by atoms with Crippen LogP contribution in [0.5, 0.6) is 0 Å². The van der Waals surface area contributed by atoms with Crippen molar-refractivity contribution in [1.29, 1.82) is 0 Å². The summed E-state index contributed by atoms with van der Waals surface area (Å²) in [7, 11) is 0. The van der Waals surface area contributed by atoms with Gasteiger partial charge in [0, 0.05) is 0 Å². The zero-order valence-corrected chi connectivity index (χ0v) is 10.1. The predicted molar refractivity (Wildman–Crippen MR) is 59.4 cm³/mol. The summed E-state index contributed by atoms with van der Waals surface area (Å²) in [6, 6.07) is 0. The average Bonchev–Trinajstić information content (AvgIpc) is 2.06. The molecule has 0 atom stereocenters. The van der Waals surface area contributed by atoms with Gasteiger partial charge in [0.05, 0.1) is 0 Å². The van der Waals surface area contributed by atoms with E-state index in [1.165, 1.54) is 12.8 Å². The molecule has 1 fully saturated rings. The van der Waals surface area contributed by atoms with Gasteiger partial charge in [-0.1, -0.05) is 48.5 Å². The van der Waals surface area contributed by atoms with Crippen molar-refractivity contribution in [3.8, 4) is 0 Å². The maximum Gasteiger partial charge on any atom is -0.0386 e. The van der Waals surface area contributed by atoms with E-state index in [1.54, 1.807) is 0 Å². The highest BCUT2D eigenvalue weighted by Gasteiger charge is 2.27. The predicted octanol–water partition coefficient (Wildman–Crippen LogP) is 4.74. The van der Waals surface area contributed by atoms with Crippen LogP contribution in [0, 0.1) is 17.8 Å². The van der Waals surface area contributed by atoms with Gasteiger partial charge in [-0.25, -0.2) is 0 Å². The molecular formula is C12H28. The Morgan fingerprint density at radius 2 is 1.25 bits per heavy atom. The standard InChI is InChI=1S/C8H16.2C2H6/c1-6(2)8-4-7(3)5-8;2*1-2/h6-8H,4-5H2,1-3H3;2*1-2H3. The van der Waals surface area contributed by atoms with Crippen molar-refractivity contribution in [3.05, 3.63) is 0 Å². The Bertz CT molecular complexity index is 68.1. The molecule has 0 saturated heterocycles. The topological polar surface area (TPSA) is 0 Å². The molecule has 0 N–H and O–H groups in total. The largest absolute Gasteiger partial charge is 0.0683 e. The molecule has 0 unspecified atom stereocenters. The van der Waals surface area contributed by atoms with E-state index < -0.39 is 0 Å². The molecule has 1 aliphatic rings. The molecule has 0 radical (unpaired) electrons. The number of rotatable bonds is 1. The van der Waals surface area contributed by atoms with Gasteiger partial charge in [0.1, 0.15) is 0 Å². The zero-order chi connectivity index (χ0) is 10.1. The van der Waals surface area contributed by atoms with Crippen LogP contribution in [-0.4, -0.2) is 0 Å². The minimum Gasteiger partial charge on any atom is -0.0683 e. The third-order valence-electron chi connectivity index (χ3n) is 2.35. The van der Waals surface area contributed by atoms with Crippen molar-refractivity contribution >= 4 is 0 Å². The van der Waals surface area contributed by atoms with Gasteiger partial charge >= 0.3 is 0 Å². The van der Waals surface area contributed by atoms with Crippen molar-refractivity contribution in [2.75, 3.05) is 0 Å². The van der Waals surface area contributed by atoms with Gasteiger partial charge in [0.2, 0.25) is 0 Å². The molecule has 0 bridgehead atoms. The van der Waals surface area contributed by atoms with E-state index in [-0.39, 0.29) is 0 Å². The Morgan fingerprint density at radius 1 is 0.917 bits per heavy atom. The van der Waals surface area contributed by atoms with Crippen molar-refractivity contribution in [1.82, 2.24) is 0 Å². The van der Waals surface area contributed by atoms with E-state index >= 15 is 0 Å². The average molecular weight is 172 g/mol. The van der Waals surface area contributed by atoms with Gasteiger partial charge in [-0.2, -0.15) is 0 Å². The number of hydrogen-bond acceptors (Lipinski definition) is 0. The van der Waals surface area contributed by atoms with Gasteiger partial charge in [-0.3, -0.25) is 0 Å². The second-order valence-electron chi connectivity index (χ2n) is 3.58. The smallest absolute Gasteiger partial charge is 0.0386 e. The van der Waals surface area contributed by atoms with Crippen molar-refractivity contribution in [2.45, 2.75) is 61.3 Å². The second-order valence-corrected chi connectivity index (χ2v) is 3.58. The zero-order valence-electron chi connectivity index (χ0n) is 10.1. The first kappa shape index (κ1) is 14.5. The summed E-state index contributed by atoms with van der Waals surface area (Å²) in [6.45, 7) is 15.0. The van der Waals surface area contributed by atoms with Crippen LogP contribution in [0.4, 0.5) is 0 Å². The van der Waals surface area contributed by atoms with Crippen molar-refractivity contribution < 1.29 is 0 Å². The van der Waals surface area contributed by atoms with E-state index in [2.05, 4.69) is 20.8 Å². The summed E-state index contributed by atoms with van der Waals surface area (Å²) in [4.78, 5) is 0. The molecular weight excluding hydrogens is 144 g/mol. The summed E-state index contributed by atoms with van der Waals surface area (Å²) in [5, 5.41) is 0. The van der Waals surface area contributed by atoms with E-state index in [0.717, 1.165) is 17.8 Å². The minimum atomic E-state index is 0.936. The van der Waals surface area contributed by atoms with Crippen LogP contribution in [-0.2, 0) is 0 Å². The van der Waals surface area contributed by atoms with Crippen LogP contribution >= 0.6 is 0 Å². The number of hydrogen-bond donors (Lipinski definition) is 0. The lowest BCUT2D eigenvalue weighted by atomic mass is 9.71. The maximum absolute atomic E-state index is 2.35. The van der Waals surface area contributed by atoms with Gasteiger partial charge in [0.25, 0.3) is 0 Å². The minimum absolute atomic E-state index is 0.936. The Hall–Kier alpha value is 0. The summed E-state index contributed by atoms with van der Waals surface area (Å²) in [5.41, 5.74) is 0. The molecule has 0 aromatic carbocycles. The summed E-state index contributed by atoms with van der Waals surface area (Å²) >= 11 is 0. The SMILES string of the molecule is CC.CC.CC1CC(C(C)C)C1. The quantitative estimate of drug-likeness (QED) is 0.536. The van der Waals surface area contributed by atoms with Gasteiger partial charge < -0.3 is 0 Å². The molecule has 76 valence electrons. The normalized spacial score (nSPS) is 26.0. The molecule has 1 aliphatic carbocycles. The summed E-state index contributed by atoms with van der Waals surface area (Å²) in [6.07, 6.45) is 2.97. The van der Waals surface area contributed by atoms with Crippen LogP contribution in [0.25, 0.3) is 0 Å². The summed E-state index contributed by atoms with van der Waals surface area (Å²) in [5.74, 6) is 3.03. The first-order valence-corrected chi connectivity index (χ1v) is 5.70. The molecule has 0 amide bonds. The fourth-order valence-corrected chi connectivity index (χ4v) is 1.51. The van der Waals surface area contributed by atoms with Gasteiger partial charge in [-0.05, 0) is 30.6 Å². The van der Waals surface area contributed by atoms with E-state index in [4.69, 9.17) is 0 Å². The first-order chi connectivity index (χ1) is 5.70. The van der Waals surface area contributed by atoms with E-state index in [1.807, 2.05) is 27.7 Å². The van der Waals surface area contributed by atoms with E-state index in [0.29, 0.717) is 0 Å². The molecule has 0 aromatic heterocycles. The van der Waals surface area contributed by atoms with Crippen molar-refractivity contribution in [2.24, 2.45) is 17.8 Å². The molecule has 12 heavy (non-hydrogen) atoms. The Balaban J connectivity index is 0. The molecule has 0 aliphatic heterocycles. The monoisotopic (exact) mass is 172 g/mol. The van der Waals surface area contributed by atoms with Crippen molar-refractivity contribution in [3.63, 3.8) is 0 Å². The van der Waals surface area contributed by atoms with Crippen LogP contribution in [0.3, 0.4) is 0 Å².